The van der Waals surface area contributed by atoms with E-state index in [0.717, 1.165) is 38.2 Å². The minimum Gasteiger partial charge on any atom is -0.444 e. The van der Waals surface area contributed by atoms with Crippen LogP contribution in [0.15, 0.2) is 58.4 Å². The molecule has 5 rings (SSSR count). The third-order valence-electron chi connectivity index (χ3n) is 3.79. The summed E-state index contributed by atoms with van der Waals surface area (Å²) in [6.07, 6.45) is 8.54. The van der Waals surface area contributed by atoms with E-state index in [1.807, 2.05) is 11.4 Å². The molecule has 5 heterocycles. The molecule has 0 amide bonds. The van der Waals surface area contributed by atoms with Gasteiger partial charge < -0.3 is 14.4 Å². The third kappa shape index (κ3) is 2.34. The number of aromatic nitrogens is 5. The number of H-pyrrole nitrogens is 2. The van der Waals surface area contributed by atoms with Crippen LogP contribution >= 0.6 is 22.7 Å². The molecule has 8 heteroatoms. The van der Waals surface area contributed by atoms with Crippen LogP contribution in [0.1, 0.15) is 0 Å². The fourth-order valence-electron chi connectivity index (χ4n) is 2.81. The second-order valence-corrected chi connectivity index (χ2v) is 7.06. The summed E-state index contributed by atoms with van der Waals surface area (Å²) in [7, 11) is 0. The van der Waals surface area contributed by atoms with Crippen molar-refractivity contribution in [3.63, 3.8) is 0 Å². The standard InChI is InChI=1S/C17H11N5OS2/c1-2-10(24-8-1)13-12(17-21-6-9-25-17)11(16-20-5-7-23-16)14(22-13)15-18-3-4-19-15/h1-9,22H,(H,18,19). The molecule has 0 saturated carbocycles. The number of aromatic amines is 2. The fraction of sp³-hybridized carbons (Fsp3) is 0. The van der Waals surface area contributed by atoms with Crippen LogP contribution in [0.25, 0.3) is 44.1 Å². The molecule has 6 nitrogen and oxygen atoms in total. The van der Waals surface area contributed by atoms with Crippen LogP contribution in [-0.4, -0.2) is 24.9 Å². The molecule has 0 saturated heterocycles. The summed E-state index contributed by atoms with van der Waals surface area (Å²) in [5, 5.41) is 4.93. The van der Waals surface area contributed by atoms with E-state index in [2.05, 4.69) is 36.4 Å². The zero-order valence-corrected chi connectivity index (χ0v) is 14.4. The Morgan fingerprint density at radius 1 is 0.920 bits per heavy atom. The van der Waals surface area contributed by atoms with E-state index >= 15 is 0 Å². The van der Waals surface area contributed by atoms with E-state index in [9.17, 15) is 0 Å². The summed E-state index contributed by atoms with van der Waals surface area (Å²) in [6.45, 7) is 0. The van der Waals surface area contributed by atoms with Gasteiger partial charge in [0.05, 0.1) is 33.6 Å². The lowest BCUT2D eigenvalue weighted by Crippen LogP contribution is -1.86. The maximum atomic E-state index is 5.64. The molecule has 0 spiro atoms. The number of imidazole rings is 1. The molecule has 0 aliphatic carbocycles. The van der Waals surface area contributed by atoms with Crippen molar-refractivity contribution in [1.29, 1.82) is 0 Å². The summed E-state index contributed by atoms with van der Waals surface area (Å²) in [5.41, 5.74) is 3.66. The van der Waals surface area contributed by atoms with Crippen LogP contribution in [-0.2, 0) is 0 Å². The SMILES string of the molecule is c1csc(-c2[nH]c(-c3ncc[nH]3)c(-c3ncco3)c2-c2nccs2)c1. The molecule has 0 aromatic carbocycles. The van der Waals surface area contributed by atoms with E-state index in [1.54, 1.807) is 53.7 Å². The van der Waals surface area contributed by atoms with Gasteiger partial charge >= 0.3 is 0 Å². The van der Waals surface area contributed by atoms with Crippen LogP contribution in [0.3, 0.4) is 0 Å². The molecule has 122 valence electrons. The maximum absolute atomic E-state index is 5.64. The first-order valence-corrected chi connectivity index (χ1v) is 9.27. The first-order valence-electron chi connectivity index (χ1n) is 7.51. The molecular weight excluding hydrogens is 354 g/mol. The number of thiophene rings is 1. The molecule has 0 unspecified atom stereocenters. The second-order valence-electron chi connectivity index (χ2n) is 5.21. The molecule has 0 atom stereocenters. The van der Waals surface area contributed by atoms with E-state index in [1.165, 1.54) is 0 Å². The van der Waals surface area contributed by atoms with Gasteiger partial charge in [0.15, 0.2) is 5.82 Å². The molecule has 0 aliphatic rings. The number of oxazole rings is 1. The molecule has 0 aliphatic heterocycles. The molecule has 0 fully saturated rings. The quantitative estimate of drug-likeness (QED) is 0.474. The highest BCUT2D eigenvalue weighted by Gasteiger charge is 2.27. The van der Waals surface area contributed by atoms with Crippen molar-refractivity contribution in [2.45, 2.75) is 0 Å². The van der Waals surface area contributed by atoms with Gasteiger partial charge in [-0.1, -0.05) is 6.07 Å². The van der Waals surface area contributed by atoms with Crippen molar-refractivity contribution in [3.8, 4) is 44.1 Å². The van der Waals surface area contributed by atoms with Gasteiger partial charge in [0, 0.05) is 24.0 Å². The van der Waals surface area contributed by atoms with Gasteiger partial charge in [0.1, 0.15) is 11.3 Å². The number of rotatable bonds is 4. The molecule has 0 bridgehead atoms. The molecule has 5 aromatic rings. The fourth-order valence-corrected chi connectivity index (χ4v) is 4.23. The van der Waals surface area contributed by atoms with Crippen molar-refractivity contribution >= 4 is 22.7 Å². The lowest BCUT2D eigenvalue weighted by atomic mass is 10.1. The zero-order chi connectivity index (χ0) is 16.6. The van der Waals surface area contributed by atoms with E-state index < -0.39 is 0 Å². The Hall–Kier alpha value is -2.97. The third-order valence-corrected chi connectivity index (χ3v) is 5.47. The Labute approximate surface area is 150 Å². The Balaban J connectivity index is 1.88. The Morgan fingerprint density at radius 2 is 1.92 bits per heavy atom. The van der Waals surface area contributed by atoms with Gasteiger partial charge in [0.25, 0.3) is 0 Å². The Kier molecular flexibility index (Phi) is 3.36. The topological polar surface area (TPSA) is 83.4 Å². The number of thiazole rings is 1. The summed E-state index contributed by atoms with van der Waals surface area (Å²) in [4.78, 5) is 21.1. The zero-order valence-electron chi connectivity index (χ0n) is 12.8. The average Bonchev–Trinajstić information content (AvgIpc) is 3.48. The summed E-state index contributed by atoms with van der Waals surface area (Å²) in [6, 6.07) is 4.11. The van der Waals surface area contributed by atoms with Crippen molar-refractivity contribution in [1.82, 2.24) is 24.9 Å². The number of hydrogen-bond acceptors (Lipinski definition) is 6. The summed E-state index contributed by atoms with van der Waals surface area (Å²) in [5.74, 6) is 1.27. The predicted octanol–water partition coefficient (Wildman–Crippen LogP) is 4.91. The number of hydrogen-bond donors (Lipinski definition) is 2. The first kappa shape index (κ1) is 14.4. The lowest BCUT2D eigenvalue weighted by Gasteiger charge is -2.02. The number of nitrogens with one attached hydrogen (secondary N) is 2. The van der Waals surface area contributed by atoms with Gasteiger partial charge in [-0.15, -0.1) is 22.7 Å². The second kappa shape index (κ2) is 5.83. The van der Waals surface area contributed by atoms with Crippen LogP contribution in [0.5, 0.6) is 0 Å². The normalized spacial score (nSPS) is 11.2. The monoisotopic (exact) mass is 365 g/mol. The predicted molar refractivity (Wildman–Crippen MR) is 98.3 cm³/mol. The van der Waals surface area contributed by atoms with Crippen LogP contribution < -0.4 is 0 Å². The van der Waals surface area contributed by atoms with Crippen LogP contribution in [0, 0.1) is 0 Å². The van der Waals surface area contributed by atoms with E-state index in [0.29, 0.717) is 5.89 Å². The Bertz CT molecular complexity index is 988. The lowest BCUT2D eigenvalue weighted by molar-refractivity contribution is 0.575. The summed E-state index contributed by atoms with van der Waals surface area (Å²) >= 11 is 3.25. The maximum Gasteiger partial charge on any atom is 0.228 e. The Morgan fingerprint density at radius 3 is 2.60 bits per heavy atom. The van der Waals surface area contributed by atoms with Gasteiger partial charge in [-0.25, -0.2) is 15.0 Å². The largest absolute Gasteiger partial charge is 0.444 e. The molecule has 2 N–H and O–H groups in total. The minimum atomic E-state index is 0.538. The smallest absolute Gasteiger partial charge is 0.228 e. The molecular formula is C17H11N5OS2. The first-order chi connectivity index (χ1) is 12.4. The highest BCUT2D eigenvalue weighted by molar-refractivity contribution is 7.14. The van der Waals surface area contributed by atoms with Gasteiger partial charge in [-0.3, -0.25) is 0 Å². The van der Waals surface area contributed by atoms with Crippen LogP contribution in [0.4, 0.5) is 0 Å². The minimum absolute atomic E-state index is 0.538. The molecule has 5 aromatic heterocycles. The van der Waals surface area contributed by atoms with Gasteiger partial charge in [-0.05, 0) is 11.4 Å². The van der Waals surface area contributed by atoms with E-state index in [-0.39, 0.29) is 0 Å². The van der Waals surface area contributed by atoms with Crippen molar-refractivity contribution in [2.24, 2.45) is 0 Å². The van der Waals surface area contributed by atoms with Gasteiger partial charge in [0.2, 0.25) is 5.89 Å². The molecule has 25 heavy (non-hydrogen) atoms. The highest BCUT2D eigenvalue weighted by Crippen LogP contribution is 2.46. The van der Waals surface area contributed by atoms with Crippen molar-refractivity contribution in [2.75, 3.05) is 0 Å². The summed E-state index contributed by atoms with van der Waals surface area (Å²) < 4.78 is 5.64. The van der Waals surface area contributed by atoms with Crippen LogP contribution in [0.2, 0.25) is 0 Å². The number of nitrogens with zero attached hydrogens (tertiary/aromatic N) is 3. The van der Waals surface area contributed by atoms with E-state index in [4.69, 9.17) is 4.42 Å². The van der Waals surface area contributed by atoms with Gasteiger partial charge in [-0.2, -0.15) is 0 Å². The molecule has 0 radical (unpaired) electrons. The van der Waals surface area contributed by atoms with Crippen molar-refractivity contribution in [3.05, 3.63) is 53.9 Å². The van der Waals surface area contributed by atoms with Crippen molar-refractivity contribution < 1.29 is 4.42 Å². The highest BCUT2D eigenvalue weighted by atomic mass is 32.1. The average molecular weight is 365 g/mol.